The number of aromatic nitrogens is 2. The van der Waals surface area contributed by atoms with Gasteiger partial charge in [0.05, 0.1) is 22.6 Å². The van der Waals surface area contributed by atoms with E-state index in [1.165, 1.54) is 29.4 Å². The second-order valence-electron chi connectivity index (χ2n) is 4.75. The van der Waals surface area contributed by atoms with Gasteiger partial charge in [-0.3, -0.25) is 0 Å². The Bertz CT molecular complexity index is 953. The largest absolute Gasteiger partial charge is 0.369 e. The highest BCUT2D eigenvalue weighted by molar-refractivity contribution is 7.90. The molecule has 0 fully saturated rings. The topological polar surface area (TPSA) is 84.6 Å². The van der Waals surface area contributed by atoms with Crippen LogP contribution < -0.4 is 5.69 Å². The summed E-state index contributed by atoms with van der Waals surface area (Å²) in [5, 5.41) is -0.408. The minimum absolute atomic E-state index is 0.129. The molecule has 2 rings (SSSR count). The quantitative estimate of drug-likeness (QED) is 0.587. The fourth-order valence-corrected chi connectivity index (χ4v) is 3.96. The summed E-state index contributed by atoms with van der Waals surface area (Å²) in [6, 6.07) is 4.00. The fraction of sp³-hybridized carbons (Fsp3) is 0.154. The van der Waals surface area contributed by atoms with Crippen molar-refractivity contribution in [3.05, 3.63) is 50.7 Å². The molecule has 0 atom stereocenters. The Hall–Kier alpha value is -1.97. The molecule has 0 saturated carbocycles. The maximum Gasteiger partial charge on any atom is 0.363 e. The number of nitrogens with zero attached hydrogens (tertiary/aromatic N) is 4. The first kappa shape index (κ1) is 18.4. The number of hydrogen-bond donors (Lipinski definition) is 0. The van der Waals surface area contributed by atoms with Gasteiger partial charge in [0.15, 0.2) is 11.6 Å². The Labute approximate surface area is 147 Å². The molecule has 1 heterocycles. The second-order valence-corrected chi connectivity index (χ2v) is 7.32. The molecule has 0 saturated heterocycles. The summed E-state index contributed by atoms with van der Waals surface area (Å²) in [5.74, 6) is -1.63. The average molecular weight is 393 g/mol. The molecule has 128 valence electrons. The van der Waals surface area contributed by atoms with E-state index in [2.05, 4.69) is 9.98 Å². The van der Waals surface area contributed by atoms with Crippen LogP contribution >= 0.6 is 23.2 Å². The number of benzene rings is 1. The standard InChI is InChI=1S/C13H11Cl2FN4O3S/c1-19(2)7-17-12-10(16)6-20(13(21)18-12)24(22,23)11-8(14)4-3-5-9(11)15/h3-7H,1-2H3. The van der Waals surface area contributed by atoms with Gasteiger partial charge in [0.2, 0.25) is 0 Å². The van der Waals surface area contributed by atoms with Crippen molar-refractivity contribution >= 4 is 45.4 Å². The highest BCUT2D eigenvalue weighted by Gasteiger charge is 2.26. The van der Waals surface area contributed by atoms with Gasteiger partial charge in [-0.1, -0.05) is 29.3 Å². The van der Waals surface area contributed by atoms with Crippen LogP contribution in [-0.4, -0.2) is 42.7 Å². The molecule has 0 unspecified atom stereocenters. The molecule has 7 nitrogen and oxygen atoms in total. The summed E-state index contributed by atoms with van der Waals surface area (Å²) in [7, 11) is -1.26. The molecule has 0 radical (unpaired) electrons. The van der Waals surface area contributed by atoms with E-state index >= 15 is 0 Å². The van der Waals surface area contributed by atoms with E-state index in [0.717, 1.165) is 0 Å². The van der Waals surface area contributed by atoms with Crippen molar-refractivity contribution in [3.63, 3.8) is 0 Å². The van der Waals surface area contributed by atoms with Crippen LogP contribution in [0.1, 0.15) is 0 Å². The summed E-state index contributed by atoms with van der Waals surface area (Å²) in [6.07, 6.45) is 1.70. The van der Waals surface area contributed by atoms with Gasteiger partial charge in [-0.05, 0) is 12.1 Å². The number of aliphatic imine (C=N–C) groups is 1. The van der Waals surface area contributed by atoms with Crippen LogP contribution in [0.4, 0.5) is 10.2 Å². The minimum atomic E-state index is -4.53. The number of halogens is 3. The maximum atomic E-state index is 14.0. The van der Waals surface area contributed by atoms with Crippen molar-refractivity contribution in [3.8, 4) is 0 Å². The highest BCUT2D eigenvalue weighted by atomic mass is 35.5. The van der Waals surface area contributed by atoms with E-state index in [1.54, 1.807) is 14.1 Å². The van der Waals surface area contributed by atoms with Crippen molar-refractivity contribution in [1.29, 1.82) is 0 Å². The molecule has 24 heavy (non-hydrogen) atoms. The van der Waals surface area contributed by atoms with Gasteiger partial charge in [-0.25, -0.2) is 22.6 Å². The molecular weight excluding hydrogens is 382 g/mol. The van der Waals surface area contributed by atoms with Crippen LogP contribution in [0.5, 0.6) is 0 Å². The number of rotatable bonds is 4. The Kier molecular flexibility index (Phi) is 5.26. The molecular formula is C13H11Cl2FN4O3S. The van der Waals surface area contributed by atoms with Gasteiger partial charge in [0.25, 0.3) is 10.0 Å². The average Bonchev–Trinajstić information content (AvgIpc) is 2.47. The van der Waals surface area contributed by atoms with E-state index in [4.69, 9.17) is 23.2 Å². The smallest absolute Gasteiger partial charge is 0.363 e. The summed E-state index contributed by atoms with van der Waals surface area (Å²) in [4.78, 5) is 20.0. The van der Waals surface area contributed by atoms with Gasteiger partial charge in [0.1, 0.15) is 4.90 Å². The molecule has 0 N–H and O–H groups in total. The van der Waals surface area contributed by atoms with Crippen molar-refractivity contribution < 1.29 is 12.8 Å². The van der Waals surface area contributed by atoms with Gasteiger partial charge in [0, 0.05) is 14.1 Å². The minimum Gasteiger partial charge on any atom is -0.369 e. The van der Waals surface area contributed by atoms with Crippen molar-refractivity contribution in [2.75, 3.05) is 14.1 Å². The molecule has 11 heteroatoms. The predicted molar refractivity (Wildman–Crippen MR) is 89.3 cm³/mol. The van der Waals surface area contributed by atoms with Crippen LogP contribution in [0.2, 0.25) is 10.0 Å². The zero-order valence-electron chi connectivity index (χ0n) is 12.4. The fourth-order valence-electron chi connectivity index (χ4n) is 1.67. The summed E-state index contributed by atoms with van der Waals surface area (Å²) < 4.78 is 39.3. The van der Waals surface area contributed by atoms with Crippen LogP contribution in [0.25, 0.3) is 0 Å². The lowest BCUT2D eigenvalue weighted by Crippen LogP contribution is -2.30. The lowest BCUT2D eigenvalue weighted by Gasteiger charge is -2.10. The van der Waals surface area contributed by atoms with E-state index < -0.39 is 32.2 Å². The highest BCUT2D eigenvalue weighted by Crippen LogP contribution is 2.30. The van der Waals surface area contributed by atoms with Crippen LogP contribution in [0.3, 0.4) is 0 Å². The Morgan fingerprint density at radius 2 is 1.88 bits per heavy atom. The molecule has 0 aliphatic heterocycles. The molecule has 0 aliphatic carbocycles. The van der Waals surface area contributed by atoms with Crippen molar-refractivity contribution in [1.82, 2.24) is 13.9 Å². The lowest BCUT2D eigenvalue weighted by atomic mass is 10.4. The first-order valence-corrected chi connectivity index (χ1v) is 8.53. The predicted octanol–water partition coefficient (Wildman–Crippen LogP) is 2.15. The van der Waals surface area contributed by atoms with Crippen LogP contribution in [0.15, 0.2) is 39.1 Å². The number of hydrogen-bond acceptors (Lipinski definition) is 5. The van der Waals surface area contributed by atoms with Crippen molar-refractivity contribution in [2.24, 2.45) is 4.99 Å². The molecule has 0 amide bonds. The van der Waals surface area contributed by atoms with E-state index in [-0.39, 0.29) is 14.0 Å². The van der Waals surface area contributed by atoms with Gasteiger partial charge in [-0.15, -0.1) is 0 Å². The molecule has 2 aromatic rings. The third-order valence-electron chi connectivity index (χ3n) is 2.68. The van der Waals surface area contributed by atoms with E-state index in [0.29, 0.717) is 6.20 Å². The Balaban J connectivity index is 2.65. The van der Waals surface area contributed by atoms with Gasteiger partial charge >= 0.3 is 5.69 Å². The summed E-state index contributed by atoms with van der Waals surface area (Å²) >= 11 is 11.7. The van der Waals surface area contributed by atoms with Crippen molar-refractivity contribution in [2.45, 2.75) is 4.90 Å². The van der Waals surface area contributed by atoms with Crippen LogP contribution in [0, 0.1) is 5.82 Å². The third kappa shape index (κ3) is 3.58. The molecule has 0 bridgehead atoms. The lowest BCUT2D eigenvalue weighted by molar-refractivity contribution is 0.571. The SMILES string of the molecule is CN(C)C=Nc1nc(=O)n(S(=O)(=O)c2c(Cl)cccc2Cl)cc1F. The summed E-state index contributed by atoms with van der Waals surface area (Å²) in [6.45, 7) is 0. The first-order valence-electron chi connectivity index (χ1n) is 6.34. The Morgan fingerprint density at radius 3 is 2.42 bits per heavy atom. The molecule has 0 aliphatic rings. The zero-order valence-corrected chi connectivity index (χ0v) is 14.8. The summed E-state index contributed by atoms with van der Waals surface area (Å²) in [5.41, 5.74) is -1.24. The van der Waals surface area contributed by atoms with Gasteiger partial charge in [-0.2, -0.15) is 8.96 Å². The maximum absolute atomic E-state index is 14.0. The normalized spacial score (nSPS) is 11.9. The molecule has 1 aromatic heterocycles. The first-order chi connectivity index (χ1) is 11.1. The van der Waals surface area contributed by atoms with Crippen LogP contribution in [-0.2, 0) is 10.0 Å². The monoisotopic (exact) mass is 392 g/mol. The third-order valence-corrected chi connectivity index (χ3v) is 5.27. The second kappa shape index (κ2) is 6.88. The zero-order chi connectivity index (χ0) is 18.1. The van der Waals surface area contributed by atoms with E-state index in [1.807, 2.05) is 0 Å². The molecule has 0 spiro atoms. The molecule has 1 aromatic carbocycles. The van der Waals surface area contributed by atoms with E-state index in [9.17, 15) is 17.6 Å². The Morgan fingerprint density at radius 1 is 1.29 bits per heavy atom. The van der Waals surface area contributed by atoms with Gasteiger partial charge < -0.3 is 4.90 Å².